The van der Waals surface area contributed by atoms with Gasteiger partial charge in [-0.1, -0.05) is 42.5 Å². The van der Waals surface area contributed by atoms with Gasteiger partial charge in [-0.3, -0.25) is 4.79 Å². The number of hydrogen-bond donors (Lipinski definition) is 0. The Kier molecular flexibility index (Phi) is 4.71. The molecule has 0 aliphatic carbocycles. The number of hydrogen-bond acceptors (Lipinski definition) is 5. The van der Waals surface area contributed by atoms with Crippen molar-refractivity contribution in [3.05, 3.63) is 89.3 Å². The van der Waals surface area contributed by atoms with Gasteiger partial charge in [0.1, 0.15) is 0 Å². The van der Waals surface area contributed by atoms with Gasteiger partial charge < -0.3 is 9.32 Å². The number of nitrogens with zero attached hydrogens (tertiary/aromatic N) is 4. The number of alkyl halides is 2. The van der Waals surface area contributed by atoms with Crippen LogP contribution in [0.25, 0.3) is 22.6 Å². The molecule has 0 saturated heterocycles. The maximum atomic E-state index is 13.3. The van der Waals surface area contributed by atoms with E-state index in [4.69, 9.17) is 4.42 Å². The zero-order valence-electron chi connectivity index (χ0n) is 16.5. The van der Waals surface area contributed by atoms with Crippen molar-refractivity contribution in [1.29, 1.82) is 5.26 Å². The molecular weight excluding hydrogens is 414 g/mol. The highest BCUT2D eigenvalue weighted by Crippen LogP contribution is 2.38. The number of fused-ring (bicyclic) bond motifs is 1. The summed E-state index contributed by atoms with van der Waals surface area (Å²) in [4.78, 5) is 14.9. The number of carbonyl (C=O) groups excluding carboxylic acids is 1. The number of amides is 1. The molecule has 3 aromatic carbocycles. The van der Waals surface area contributed by atoms with E-state index in [1.54, 1.807) is 35.2 Å². The van der Waals surface area contributed by atoms with E-state index in [9.17, 15) is 18.8 Å². The summed E-state index contributed by atoms with van der Waals surface area (Å²) in [5.74, 6) is -1.08. The molecule has 1 aliphatic heterocycles. The monoisotopic (exact) mass is 428 g/mol. The van der Waals surface area contributed by atoms with Gasteiger partial charge in [0.25, 0.3) is 11.8 Å². The average molecular weight is 428 g/mol. The number of aromatic nitrogens is 2. The van der Waals surface area contributed by atoms with E-state index < -0.39 is 12.3 Å². The van der Waals surface area contributed by atoms with Gasteiger partial charge in [-0.15, -0.1) is 10.2 Å². The van der Waals surface area contributed by atoms with Crippen molar-refractivity contribution in [3.63, 3.8) is 0 Å². The fourth-order valence-electron chi connectivity index (χ4n) is 3.82. The van der Waals surface area contributed by atoms with Crippen molar-refractivity contribution < 1.29 is 18.0 Å². The lowest BCUT2D eigenvalue weighted by Crippen LogP contribution is -2.23. The predicted molar refractivity (Wildman–Crippen MR) is 112 cm³/mol. The van der Waals surface area contributed by atoms with Crippen LogP contribution in [0.1, 0.15) is 33.8 Å². The summed E-state index contributed by atoms with van der Waals surface area (Å²) in [6.45, 7) is 0.340. The van der Waals surface area contributed by atoms with Crippen LogP contribution in [0.2, 0.25) is 0 Å². The Morgan fingerprint density at radius 1 is 0.969 bits per heavy atom. The van der Waals surface area contributed by atoms with Crippen molar-refractivity contribution >= 4 is 11.6 Å². The van der Waals surface area contributed by atoms with Gasteiger partial charge in [-0.2, -0.15) is 14.0 Å². The molecular formula is C24H14F2N4O2. The van der Waals surface area contributed by atoms with Crippen LogP contribution >= 0.6 is 0 Å². The molecule has 0 saturated carbocycles. The minimum atomic E-state index is -2.87. The van der Waals surface area contributed by atoms with E-state index in [2.05, 4.69) is 16.3 Å². The molecule has 5 rings (SSSR count). The Morgan fingerprint density at radius 2 is 1.72 bits per heavy atom. The van der Waals surface area contributed by atoms with Crippen molar-refractivity contribution in [2.45, 2.75) is 13.0 Å². The Hall–Kier alpha value is -4.38. The Morgan fingerprint density at radius 3 is 2.47 bits per heavy atom. The van der Waals surface area contributed by atoms with Gasteiger partial charge in [0.2, 0.25) is 5.89 Å². The third-order valence-electron chi connectivity index (χ3n) is 5.32. The Balaban J connectivity index is 1.53. The molecule has 8 heteroatoms. The second-order valence-electron chi connectivity index (χ2n) is 7.18. The summed E-state index contributed by atoms with van der Waals surface area (Å²) in [5, 5.41) is 16.5. The van der Waals surface area contributed by atoms with Crippen molar-refractivity contribution in [2.75, 3.05) is 4.90 Å². The number of nitriles is 1. The van der Waals surface area contributed by atoms with E-state index in [0.29, 0.717) is 28.9 Å². The SMILES string of the molecule is N#Cc1ccccc1-c1ccccc1N1Cc2ccc(-c3nnc(C(F)F)o3)cc2C1=O. The highest BCUT2D eigenvalue weighted by atomic mass is 19.3. The first-order valence-corrected chi connectivity index (χ1v) is 9.72. The molecule has 1 amide bonds. The highest BCUT2D eigenvalue weighted by molar-refractivity contribution is 6.12. The molecule has 0 fully saturated rings. The third kappa shape index (κ3) is 3.20. The maximum absolute atomic E-state index is 13.3. The number of carbonyl (C=O) groups is 1. The van der Waals surface area contributed by atoms with Crippen LogP contribution in [0, 0.1) is 11.3 Å². The Bertz CT molecular complexity index is 1390. The molecule has 0 atom stereocenters. The van der Waals surface area contributed by atoms with Gasteiger partial charge in [0.05, 0.1) is 23.9 Å². The van der Waals surface area contributed by atoms with E-state index in [1.807, 2.05) is 36.4 Å². The van der Waals surface area contributed by atoms with E-state index >= 15 is 0 Å². The van der Waals surface area contributed by atoms with Crippen LogP contribution in [-0.2, 0) is 6.54 Å². The number of halogens is 2. The Labute approximate surface area is 181 Å². The van der Waals surface area contributed by atoms with Gasteiger partial charge in [-0.25, -0.2) is 0 Å². The lowest BCUT2D eigenvalue weighted by Gasteiger charge is -2.20. The molecule has 0 N–H and O–H groups in total. The number of para-hydroxylation sites is 1. The molecule has 0 spiro atoms. The van der Waals surface area contributed by atoms with Gasteiger partial charge in [0.15, 0.2) is 0 Å². The minimum Gasteiger partial charge on any atom is -0.415 e. The fourth-order valence-corrected chi connectivity index (χ4v) is 3.82. The van der Waals surface area contributed by atoms with Crippen LogP contribution in [0.3, 0.4) is 0 Å². The summed E-state index contributed by atoms with van der Waals surface area (Å²) < 4.78 is 30.6. The summed E-state index contributed by atoms with van der Waals surface area (Å²) in [7, 11) is 0. The smallest absolute Gasteiger partial charge is 0.314 e. The second-order valence-corrected chi connectivity index (χ2v) is 7.18. The van der Waals surface area contributed by atoms with Crippen molar-refractivity contribution in [2.24, 2.45) is 0 Å². The van der Waals surface area contributed by atoms with Crippen molar-refractivity contribution in [3.8, 4) is 28.7 Å². The molecule has 4 aromatic rings. The highest BCUT2D eigenvalue weighted by Gasteiger charge is 2.31. The molecule has 0 unspecified atom stereocenters. The standard InChI is InChI=1S/C24H14F2N4O2/c25-21(26)23-29-28-22(32-23)14-9-10-16-13-30(24(31)19(16)11-14)20-8-4-3-7-18(20)17-6-2-1-5-15(17)12-27/h1-11,21H,13H2. The van der Waals surface area contributed by atoms with Gasteiger partial charge in [-0.05, 0) is 29.8 Å². The quantitative estimate of drug-likeness (QED) is 0.436. The predicted octanol–water partition coefficient (Wildman–Crippen LogP) is 5.37. The van der Waals surface area contributed by atoms with E-state index in [1.165, 1.54) is 0 Å². The molecule has 1 aromatic heterocycles. The number of rotatable bonds is 4. The van der Waals surface area contributed by atoms with Crippen LogP contribution in [0.5, 0.6) is 0 Å². The zero-order chi connectivity index (χ0) is 22.2. The van der Waals surface area contributed by atoms with Crippen molar-refractivity contribution in [1.82, 2.24) is 10.2 Å². The molecule has 0 radical (unpaired) electrons. The fraction of sp³-hybridized carbons (Fsp3) is 0.0833. The molecule has 156 valence electrons. The summed E-state index contributed by atoms with van der Waals surface area (Å²) in [5.41, 5.74) is 4.30. The second kappa shape index (κ2) is 7.71. The summed E-state index contributed by atoms with van der Waals surface area (Å²) in [6, 6.07) is 21.8. The van der Waals surface area contributed by atoms with Crippen LogP contribution in [-0.4, -0.2) is 16.1 Å². The molecule has 0 bridgehead atoms. The average Bonchev–Trinajstić information content (AvgIpc) is 3.44. The van der Waals surface area contributed by atoms with Crippen LogP contribution < -0.4 is 4.90 Å². The van der Waals surface area contributed by atoms with E-state index in [0.717, 1.165) is 16.7 Å². The van der Waals surface area contributed by atoms with Gasteiger partial charge in [0, 0.05) is 22.3 Å². The first-order valence-electron chi connectivity index (χ1n) is 9.72. The van der Waals surface area contributed by atoms with Gasteiger partial charge >= 0.3 is 6.43 Å². The maximum Gasteiger partial charge on any atom is 0.314 e. The molecule has 6 nitrogen and oxygen atoms in total. The number of anilines is 1. The number of benzene rings is 3. The van der Waals surface area contributed by atoms with Crippen LogP contribution in [0.4, 0.5) is 14.5 Å². The van der Waals surface area contributed by atoms with E-state index in [-0.39, 0.29) is 11.8 Å². The third-order valence-corrected chi connectivity index (χ3v) is 5.32. The molecule has 32 heavy (non-hydrogen) atoms. The summed E-state index contributed by atoms with van der Waals surface area (Å²) in [6.07, 6.45) is -2.87. The topological polar surface area (TPSA) is 83.0 Å². The molecule has 1 aliphatic rings. The lowest BCUT2D eigenvalue weighted by atomic mass is 9.98. The normalized spacial score (nSPS) is 12.8. The first-order chi connectivity index (χ1) is 15.6. The first kappa shape index (κ1) is 19.6. The minimum absolute atomic E-state index is 0.0716. The lowest BCUT2D eigenvalue weighted by molar-refractivity contribution is 0.0996. The largest absolute Gasteiger partial charge is 0.415 e. The molecule has 2 heterocycles. The van der Waals surface area contributed by atoms with Crippen LogP contribution in [0.15, 0.2) is 71.1 Å². The zero-order valence-corrected chi connectivity index (χ0v) is 16.5. The summed E-state index contributed by atoms with van der Waals surface area (Å²) >= 11 is 0.